The molecule has 3 nitrogen and oxygen atoms in total. The van der Waals surface area contributed by atoms with Crippen LogP contribution in [-0.4, -0.2) is 36.5 Å². The van der Waals surface area contributed by atoms with Gasteiger partial charge >= 0.3 is 0 Å². The molecule has 0 aliphatic carbocycles. The van der Waals surface area contributed by atoms with Crippen LogP contribution in [0, 0.1) is 5.41 Å². The van der Waals surface area contributed by atoms with Gasteiger partial charge in [0.05, 0.1) is 13.2 Å². The van der Waals surface area contributed by atoms with Crippen LogP contribution in [0.5, 0.6) is 0 Å². The SMILES string of the molecule is CCCCN(CC(C)(CO)CO)c1ccccc1. The molecule has 0 bridgehead atoms. The zero-order chi connectivity index (χ0) is 13.4. The number of para-hydroxylation sites is 1. The summed E-state index contributed by atoms with van der Waals surface area (Å²) < 4.78 is 0. The van der Waals surface area contributed by atoms with Crippen LogP contribution < -0.4 is 4.90 Å². The Morgan fingerprint density at radius 3 is 2.22 bits per heavy atom. The molecule has 0 amide bonds. The van der Waals surface area contributed by atoms with Crippen molar-refractivity contribution in [3.63, 3.8) is 0 Å². The molecule has 0 aromatic heterocycles. The average molecular weight is 251 g/mol. The fourth-order valence-electron chi connectivity index (χ4n) is 1.90. The number of hydrogen-bond donors (Lipinski definition) is 2. The first-order valence-corrected chi connectivity index (χ1v) is 6.67. The Labute approximate surface area is 110 Å². The molecule has 0 heterocycles. The molecule has 0 atom stereocenters. The van der Waals surface area contributed by atoms with E-state index in [-0.39, 0.29) is 13.2 Å². The summed E-state index contributed by atoms with van der Waals surface area (Å²) in [5.41, 5.74) is 0.697. The molecule has 102 valence electrons. The van der Waals surface area contributed by atoms with Crippen LogP contribution >= 0.6 is 0 Å². The molecule has 0 unspecified atom stereocenters. The van der Waals surface area contributed by atoms with Crippen molar-refractivity contribution in [3.8, 4) is 0 Å². The van der Waals surface area contributed by atoms with E-state index in [0.29, 0.717) is 6.54 Å². The van der Waals surface area contributed by atoms with E-state index in [1.54, 1.807) is 0 Å². The molecule has 1 rings (SSSR count). The van der Waals surface area contributed by atoms with Gasteiger partial charge in [0, 0.05) is 24.2 Å². The number of aliphatic hydroxyl groups is 2. The Morgan fingerprint density at radius 2 is 1.72 bits per heavy atom. The van der Waals surface area contributed by atoms with Crippen molar-refractivity contribution < 1.29 is 10.2 Å². The summed E-state index contributed by atoms with van der Waals surface area (Å²) in [6.45, 7) is 5.70. The molecule has 1 aromatic rings. The first-order chi connectivity index (χ1) is 8.65. The summed E-state index contributed by atoms with van der Waals surface area (Å²) in [4.78, 5) is 2.25. The molecule has 0 fully saturated rings. The van der Waals surface area contributed by atoms with Crippen LogP contribution in [0.25, 0.3) is 0 Å². The van der Waals surface area contributed by atoms with E-state index in [9.17, 15) is 10.2 Å². The lowest BCUT2D eigenvalue weighted by Gasteiger charge is -2.34. The Bertz CT molecular complexity index is 323. The van der Waals surface area contributed by atoms with E-state index in [1.165, 1.54) is 0 Å². The zero-order valence-electron chi connectivity index (χ0n) is 11.5. The minimum atomic E-state index is -0.455. The number of anilines is 1. The topological polar surface area (TPSA) is 43.7 Å². The lowest BCUT2D eigenvalue weighted by Crippen LogP contribution is -2.41. The molecule has 2 N–H and O–H groups in total. The third-order valence-electron chi connectivity index (χ3n) is 3.24. The van der Waals surface area contributed by atoms with Crippen LogP contribution in [0.15, 0.2) is 30.3 Å². The Balaban J connectivity index is 2.79. The van der Waals surface area contributed by atoms with Crippen molar-refractivity contribution >= 4 is 5.69 Å². The highest BCUT2D eigenvalue weighted by Crippen LogP contribution is 2.22. The third kappa shape index (κ3) is 4.31. The van der Waals surface area contributed by atoms with Gasteiger partial charge in [-0.25, -0.2) is 0 Å². The largest absolute Gasteiger partial charge is 0.396 e. The van der Waals surface area contributed by atoms with Gasteiger partial charge in [0.2, 0.25) is 0 Å². The number of rotatable bonds is 8. The van der Waals surface area contributed by atoms with Crippen LogP contribution in [0.3, 0.4) is 0 Å². The summed E-state index contributed by atoms with van der Waals surface area (Å²) in [5.74, 6) is 0. The van der Waals surface area contributed by atoms with Gasteiger partial charge in [-0.1, -0.05) is 38.5 Å². The van der Waals surface area contributed by atoms with Crippen molar-refractivity contribution in [2.45, 2.75) is 26.7 Å². The maximum Gasteiger partial charge on any atom is 0.0523 e. The number of aliphatic hydroxyl groups excluding tert-OH is 2. The summed E-state index contributed by atoms with van der Waals surface area (Å²) in [6, 6.07) is 10.2. The second-order valence-electron chi connectivity index (χ2n) is 5.24. The Kier molecular flexibility index (Phi) is 6.16. The van der Waals surface area contributed by atoms with E-state index in [1.807, 2.05) is 25.1 Å². The standard InChI is InChI=1S/C15H25NO2/c1-3-4-10-16(11-15(2,12-17)13-18)14-8-6-5-7-9-14/h5-9,17-18H,3-4,10-13H2,1-2H3. The second-order valence-corrected chi connectivity index (χ2v) is 5.24. The van der Waals surface area contributed by atoms with E-state index in [2.05, 4.69) is 24.0 Å². The molecular formula is C15H25NO2. The summed E-state index contributed by atoms with van der Waals surface area (Å²) >= 11 is 0. The molecule has 0 saturated heterocycles. The Morgan fingerprint density at radius 1 is 1.11 bits per heavy atom. The molecular weight excluding hydrogens is 226 g/mol. The summed E-state index contributed by atoms with van der Waals surface area (Å²) in [5, 5.41) is 18.8. The zero-order valence-corrected chi connectivity index (χ0v) is 11.5. The first-order valence-electron chi connectivity index (χ1n) is 6.67. The lowest BCUT2D eigenvalue weighted by molar-refractivity contribution is 0.0753. The number of nitrogens with zero attached hydrogens (tertiary/aromatic N) is 1. The molecule has 18 heavy (non-hydrogen) atoms. The van der Waals surface area contributed by atoms with E-state index in [0.717, 1.165) is 25.1 Å². The highest BCUT2D eigenvalue weighted by Gasteiger charge is 2.25. The highest BCUT2D eigenvalue weighted by atomic mass is 16.3. The number of benzene rings is 1. The minimum Gasteiger partial charge on any atom is -0.396 e. The van der Waals surface area contributed by atoms with Gasteiger partial charge in [0.25, 0.3) is 0 Å². The van der Waals surface area contributed by atoms with Gasteiger partial charge in [0.15, 0.2) is 0 Å². The van der Waals surface area contributed by atoms with E-state index >= 15 is 0 Å². The Hall–Kier alpha value is -1.06. The normalized spacial score (nSPS) is 11.6. The molecule has 0 radical (unpaired) electrons. The van der Waals surface area contributed by atoms with Gasteiger partial charge in [-0.2, -0.15) is 0 Å². The van der Waals surface area contributed by atoms with Crippen LogP contribution in [0.1, 0.15) is 26.7 Å². The summed E-state index contributed by atoms with van der Waals surface area (Å²) in [7, 11) is 0. The molecule has 0 saturated carbocycles. The van der Waals surface area contributed by atoms with Crippen molar-refractivity contribution in [1.82, 2.24) is 0 Å². The quantitative estimate of drug-likeness (QED) is 0.745. The monoisotopic (exact) mass is 251 g/mol. The third-order valence-corrected chi connectivity index (χ3v) is 3.24. The van der Waals surface area contributed by atoms with Crippen molar-refractivity contribution in [2.75, 3.05) is 31.2 Å². The number of unbranched alkanes of at least 4 members (excludes halogenated alkanes) is 1. The van der Waals surface area contributed by atoms with Crippen molar-refractivity contribution in [2.24, 2.45) is 5.41 Å². The predicted molar refractivity (Wildman–Crippen MR) is 75.8 cm³/mol. The second kappa shape index (κ2) is 7.39. The molecule has 0 aliphatic heterocycles. The minimum absolute atomic E-state index is 0.00103. The molecule has 0 spiro atoms. The van der Waals surface area contributed by atoms with Gasteiger partial charge in [-0.15, -0.1) is 0 Å². The smallest absolute Gasteiger partial charge is 0.0523 e. The lowest BCUT2D eigenvalue weighted by atomic mass is 9.92. The van der Waals surface area contributed by atoms with Crippen LogP contribution in [-0.2, 0) is 0 Å². The number of hydrogen-bond acceptors (Lipinski definition) is 3. The maximum absolute atomic E-state index is 9.42. The fraction of sp³-hybridized carbons (Fsp3) is 0.600. The van der Waals surface area contributed by atoms with Crippen molar-refractivity contribution in [3.05, 3.63) is 30.3 Å². The fourth-order valence-corrected chi connectivity index (χ4v) is 1.90. The maximum atomic E-state index is 9.42. The first kappa shape index (κ1) is 15.0. The molecule has 3 heteroatoms. The van der Waals surface area contributed by atoms with Gasteiger partial charge in [-0.3, -0.25) is 0 Å². The predicted octanol–water partition coefficient (Wildman–Crippen LogP) is 2.28. The average Bonchev–Trinajstić information content (AvgIpc) is 2.44. The molecule has 1 aromatic carbocycles. The van der Waals surface area contributed by atoms with Gasteiger partial charge < -0.3 is 15.1 Å². The van der Waals surface area contributed by atoms with Gasteiger partial charge in [-0.05, 0) is 18.6 Å². The van der Waals surface area contributed by atoms with E-state index in [4.69, 9.17) is 0 Å². The molecule has 0 aliphatic rings. The van der Waals surface area contributed by atoms with Crippen molar-refractivity contribution in [1.29, 1.82) is 0 Å². The van der Waals surface area contributed by atoms with E-state index < -0.39 is 5.41 Å². The van der Waals surface area contributed by atoms with Crippen LogP contribution in [0.4, 0.5) is 5.69 Å². The summed E-state index contributed by atoms with van der Waals surface area (Å²) in [6.07, 6.45) is 2.25. The van der Waals surface area contributed by atoms with Gasteiger partial charge in [0.1, 0.15) is 0 Å². The van der Waals surface area contributed by atoms with Crippen LogP contribution in [0.2, 0.25) is 0 Å². The highest BCUT2D eigenvalue weighted by molar-refractivity contribution is 5.46.